The van der Waals surface area contributed by atoms with Crippen molar-refractivity contribution < 1.29 is 0 Å². The first kappa shape index (κ1) is 7.18. The van der Waals surface area contributed by atoms with Crippen LogP contribution in [0.15, 0.2) is 16.6 Å². The zero-order chi connectivity index (χ0) is 7.84. The fraction of sp³-hybridized carbons (Fsp3) is 0.143. The Morgan fingerprint density at radius 2 is 2.18 bits per heavy atom. The quantitative estimate of drug-likeness (QED) is 0.694. The molecule has 2 nitrogen and oxygen atoms in total. The van der Waals surface area contributed by atoms with Crippen LogP contribution in [-0.2, 0) is 0 Å². The number of benzene rings is 1. The van der Waals surface area contributed by atoms with E-state index in [1.165, 1.54) is 17.3 Å². The predicted molar refractivity (Wildman–Crippen MR) is 49.9 cm³/mol. The Kier molecular flexibility index (Phi) is 1.65. The summed E-state index contributed by atoms with van der Waals surface area (Å²) in [4.78, 5) is 0. The van der Waals surface area contributed by atoms with Gasteiger partial charge in [0.25, 0.3) is 0 Å². The smallest absolute Gasteiger partial charge is 0.118 e. The SMILES string of the molecule is Cc1cc(Br)c2nsnc2c1. The maximum absolute atomic E-state index is 4.14. The molecule has 2 rings (SSSR count). The molecule has 0 bridgehead atoms. The largest absolute Gasteiger partial charge is 0.173 e. The second-order valence-corrected chi connectivity index (χ2v) is 3.76. The molecule has 0 aliphatic heterocycles. The van der Waals surface area contributed by atoms with Gasteiger partial charge < -0.3 is 0 Å². The molecule has 1 heterocycles. The number of hydrogen-bond donors (Lipinski definition) is 0. The van der Waals surface area contributed by atoms with Crippen molar-refractivity contribution in [1.29, 1.82) is 0 Å². The van der Waals surface area contributed by atoms with Crippen LogP contribution in [0.25, 0.3) is 11.0 Å². The number of aromatic nitrogens is 2. The summed E-state index contributed by atoms with van der Waals surface area (Å²) in [5.74, 6) is 0. The summed E-state index contributed by atoms with van der Waals surface area (Å²) in [6.07, 6.45) is 0. The summed E-state index contributed by atoms with van der Waals surface area (Å²) in [6.45, 7) is 2.05. The van der Waals surface area contributed by atoms with Gasteiger partial charge in [0.1, 0.15) is 11.0 Å². The molecule has 0 N–H and O–H groups in total. The number of fused-ring (bicyclic) bond motifs is 1. The van der Waals surface area contributed by atoms with E-state index in [4.69, 9.17) is 0 Å². The van der Waals surface area contributed by atoms with Gasteiger partial charge in [0.15, 0.2) is 0 Å². The van der Waals surface area contributed by atoms with Gasteiger partial charge in [0.05, 0.1) is 11.7 Å². The molecule has 0 aliphatic carbocycles. The summed E-state index contributed by atoms with van der Waals surface area (Å²) in [5.41, 5.74) is 3.14. The number of aryl methyl sites for hydroxylation is 1. The van der Waals surface area contributed by atoms with Gasteiger partial charge in [-0.05, 0) is 40.5 Å². The van der Waals surface area contributed by atoms with Crippen LogP contribution in [0.3, 0.4) is 0 Å². The van der Waals surface area contributed by atoms with Crippen molar-refractivity contribution in [3.8, 4) is 0 Å². The monoisotopic (exact) mass is 228 g/mol. The van der Waals surface area contributed by atoms with E-state index < -0.39 is 0 Å². The summed E-state index contributed by atoms with van der Waals surface area (Å²) in [6, 6.07) is 4.08. The van der Waals surface area contributed by atoms with Gasteiger partial charge in [-0.1, -0.05) is 0 Å². The molecule has 0 saturated carbocycles. The number of halogens is 1. The molecule has 0 saturated heterocycles. The fourth-order valence-electron chi connectivity index (χ4n) is 0.981. The van der Waals surface area contributed by atoms with Crippen molar-refractivity contribution in [2.24, 2.45) is 0 Å². The van der Waals surface area contributed by atoms with Crippen LogP contribution in [0.4, 0.5) is 0 Å². The van der Waals surface area contributed by atoms with Crippen molar-refractivity contribution in [2.45, 2.75) is 6.92 Å². The second-order valence-electron chi connectivity index (χ2n) is 2.38. The van der Waals surface area contributed by atoms with Gasteiger partial charge in [-0.15, -0.1) is 0 Å². The highest BCUT2D eigenvalue weighted by Crippen LogP contribution is 2.23. The maximum Gasteiger partial charge on any atom is 0.118 e. The van der Waals surface area contributed by atoms with E-state index in [0.29, 0.717) is 0 Å². The van der Waals surface area contributed by atoms with Crippen molar-refractivity contribution in [3.05, 3.63) is 22.2 Å². The molecule has 11 heavy (non-hydrogen) atoms. The summed E-state index contributed by atoms with van der Waals surface area (Å²) >= 11 is 4.68. The molecule has 1 aromatic carbocycles. The van der Waals surface area contributed by atoms with E-state index in [2.05, 4.69) is 24.7 Å². The standard InChI is InChI=1S/C7H5BrN2S/c1-4-2-5(8)7-6(3-4)9-11-10-7/h2-3H,1H3. The molecular weight excluding hydrogens is 224 g/mol. The Morgan fingerprint density at radius 3 is 3.00 bits per heavy atom. The first-order valence-corrected chi connectivity index (χ1v) is 4.68. The lowest BCUT2D eigenvalue weighted by atomic mass is 10.2. The summed E-state index contributed by atoms with van der Waals surface area (Å²) in [7, 11) is 0. The molecule has 0 amide bonds. The zero-order valence-corrected chi connectivity index (χ0v) is 8.24. The Balaban J connectivity index is 2.91. The Bertz CT molecular complexity index is 396. The number of nitrogens with zero attached hydrogens (tertiary/aromatic N) is 2. The second kappa shape index (κ2) is 2.53. The Hall–Kier alpha value is -0.480. The Morgan fingerprint density at radius 1 is 1.36 bits per heavy atom. The third kappa shape index (κ3) is 1.16. The van der Waals surface area contributed by atoms with Crippen LogP contribution in [-0.4, -0.2) is 8.75 Å². The minimum atomic E-state index is 0.959. The van der Waals surface area contributed by atoms with Crippen LogP contribution < -0.4 is 0 Å². The van der Waals surface area contributed by atoms with E-state index >= 15 is 0 Å². The van der Waals surface area contributed by atoms with Gasteiger partial charge in [-0.2, -0.15) is 8.75 Å². The third-order valence-electron chi connectivity index (χ3n) is 1.46. The molecule has 0 unspecified atom stereocenters. The van der Waals surface area contributed by atoms with Crippen LogP contribution in [0.5, 0.6) is 0 Å². The first-order valence-electron chi connectivity index (χ1n) is 3.16. The third-order valence-corrected chi connectivity index (χ3v) is 2.61. The van der Waals surface area contributed by atoms with Gasteiger partial charge >= 0.3 is 0 Å². The van der Waals surface area contributed by atoms with Gasteiger partial charge in [-0.25, -0.2) is 0 Å². The summed E-state index contributed by atoms with van der Waals surface area (Å²) < 4.78 is 9.31. The molecule has 0 atom stereocenters. The van der Waals surface area contributed by atoms with Crippen LogP contribution >= 0.6 is 27.7 Å². The highest BCUT2D eigenvalue weighted by atomic mass is 79.9. The van der Waals surface area contributed by atoms with Crippen LogP contribution in [0, 0.1) is 6.92 Å². The van der Waals surface area contributed by atoms with Crippen molar-refractivity contribution >= 4 is 38.7 Å². The first-order chi connectivity index (χ1) is 5.27. The van der Waals surface area contributed by atoms with Crippen molar-refractivity contribution in [1.82, 2.24) is 8.75 Å². The average Bonchev–Trinajstić information content (AvgIpc) is 2.34. The molecule has 0 spiro atoms. The fourth-order valence-corrected chi connectivity index (χ4v) is 2.29. The highest BCUT2D eigenvalue weighted by molar-refractivity contribution is 9.10. The minimum Gasteiger partial charge on any atom is -0.173 e. The maximum atomic E-state index is 4.14. The average molecular weight is 229 g/mol. The molecule has 0 aliphatic rings. The zero-order valence-electron chi connectivity index (χ0n) is 5.84. The molecule has 0 radical (unpaired) electrons. The molecule has 0 fully saturated rings. The molecular formula is C7H5BrN2S. The molecule has 56 valence electrons. The number of hydrogen-bond acceptors (Lipinski definition) is 3. The number of rotatable bonds is 0. The van der Waals surface area contributed by atoms with Crippen LogP contribution in [0.1, 0.15) is 5.56 Å². The Labute approximate surface area is 76.7 Å². The topological polar surface area (TPSA) is 25.8 Å². The molecule has 1 aromatic heterocycles. The van der Waals surface area contributed by atoms with Gasteiger partial charge in [-0.3, -0.25) is 0 Å². The lowest BCUT2D eigenvalue weighted by molar-refractivity contribution is 1.46. The van der Waals surface area contributed by atoms with Crippen LogP contribution in [0.2, 0.25) is 0 Å². The predicted octanol–water partition coefficient (Wildman–Crippen LogP) is 2.76. The van der Waals surface area contributed by atoms with E-state index in [1.54, 1.807) is 0 Å². The van der Waals surface area contributed by atoms with Crippen molar-refractivity contribution in [2.75, 3.05) is 0 Å². The van der Waals surface area contributed by atoms with E-state index in [9.17, 15) is 0 Å². The van der Waals surface area contributed by atoms with Crippen molar-refractivity contribution in [3.63, 3.8) is 0 Å². The van der Waals surface area contributed by atoms with Gasteiger partial charge in [0.2, 0.25) is 0 Å². The molecule has 2 aromatic rings. The van der Waals surface area contributed by atoms with E-state index in [0.717, 1.165) is 15.5 Å². The minimum absolute atomic E-state index is 0.959. The van der Waals surface area contributed by atoms with Gasteiger partial charge in [0, 0.05) is 4.47 Å². The lowest BCUT2D eigenvalue weighted by Gasteiger charge is -1.93. The summed E-state index contributed by atoms with van der Waals surface area (Å²) in [5, 5.41) is 0. The molecule has 4 heteroatoms. The van der Waals surface area contributed by atoms with E-state index in [1.807, 2.05) is 19.1 Å². The van der Waals surface area contributed by atoms with E-state index in [-0.39, 0.29) is 0 Å². The normalized spacial score (nSPS) is 10.7. The highest BCUT2D eigenvalue weighted by Gasteiger charge is 2.02. The lowest BCUT2D eigenvalue weighted by Crippen LogP contribution is -1.75.